The molecule has 166 valence electrons. The molecule has 2 aromatic carbocycles. The normalized spacial score (nSPS) is 25.8. The van der Waals surface area contributed by atoms with Crippen LogP contribution in [0.5, 0.6) is 11.5 Å². The van der Waals surface area contributed by atoms with Gasteiger partial charge in [-0.3, -0.25) is 9.59 Å². The second kappa shape index (κ2) is 9.73. The second-order valence-electron chi connectivity index (χ2n) is 7.03. The van der Waals surface area contributed by atoms with Gasteiger partial charge in [-0.15, -0.1) is 0 Å². The molecule has 0 aromatic heterocycles. The number of hydrogen-bond donors (Lipinski definition) is 5. The van der Waals surface area contributed by atoms with Crippen LogP contribution in [0.25, 0.3) is 0 Å². The summed E-state index contributed by atoms with van der Waals surface area (Å²) in [4.78, 5) is 24.7. The third kappa shape index (κ3) is 5.21. The summed E-state index contributed by atoms with van der Waals surface area (Å²) in [5.41, 5.74) is 0.152. The average Bonchev–Trinajstić information content (AvgIpc) is 2.74. The summed E-state index contributed by atoms with van der Waals surface area (Å²) in [5.74, 6) is -1.57. The van der Waals surface area contributed by atoms with Gasteiger partial charge in [0, 0.05) is 16.7 Å². The van der Waals surface area contributed by atoms with Crippen LogP contribution in [0, 0.1) is 0 Å². The molecule has 0 radical (unpaired) electrons. The third-order valence-corrected chi connectivity index (χ3v) is 5.07. The molecule has 2 aromatic rings. The molecule has 0 aliphatic carbocycles. The van der Waals surface area contributed by atoms with Crippen molar-refractivity contribution in [3.05, 3.63) is 58.6 Å². The lowest BCUT2D eigenvalue weighted by molar-refractivity contribution is -0.277. The number of rotatable bonds is 7. The fourth-order valence-corrected chi connectivity index (χ4v) is 3.31. The predicted octanol–water partition coefficient (Wildman–Crippen LogP) is 0.680. The van der Waals surface area contributed by atoms with Gasteiger partial charge in [0.05, 0.1) is 18.6 Å². The Hall–Kier alpha value is -2.53. The standard InChI is InChI=1S/C21H21ClO9/c22-11-3-1-2-10(6-11)14(24)8-16(26)13-5-4-12(7-15(13)25)30-21-20(29)19(28)18(27)17(9-23)31-21/h1-7,17-21,23,25,27-29H,8-9H2/t17-,18-,19+,20-,21?/m1/s1. The van der Waals surface area contributed by atoms with Gasteiger partial charge in [0.25, 0.3) is 0 Å². The van der Waals surface area contributed by atoms with Crippen LogP contribution in [-0.2, 0) is 4.74 Å². The molecule has 1 aliphatic rings. The number of ether oxygens (including phenoxy) is 2. The zero-order valence-electron chi connectivity index (χ0n) is 16.1. The molecule has 0 bridgehead atoms. The van der Waals surface area contributed by atoms with Crippen molar-refractivity contribution >= 4 is 23.2 Å². The van der Waals surface area contributed by atoms with Crippen molar-refractivity contribution in [1.82, 2.24) is 0 Å². The zero-order chi connectivity index (χ0) is 22.7. The van der Waals surface area contributed by atoms with E-state index < -0.39 is 61.0 Å². The molecule has 1 heterocycles. The van der Waals surface area contributed by atoms with E-state index in [9.17, 15) is 35.1 Å². The Morgan fingerprint density at radius 3 is 2.39 bits per heavy atom. The van der Waals surface area contributed by atoms with E-state index in [1.807, 2.05) is 0 Å². The molecule has 0 amide bonds. The molecule has 10 heteroatoms. The number of carbonyl (C=O) groups is 2. The number of aliphatic hydroxyl groups is 4. The summed E-state index contributed by atoms with van der Waals surface area (Å²) in [7, 11) is 0. The average molecular weight is 453 g/mol. The minimum absolute atomic E-state index is 0.0143. The van der Waals surface area contributed by atoms with Crippen LogP contribution in [0.1, 0.15) is 27.1 Å². The van der Waals surface area contributed by atoms with Gasteiger partial charge in [0.15, 0.2) is 11.6 Å². The van der Waals surface area contributed by atoms with Crippen molar-refractivity contribution < 1.29 is 44.6 Å². The summed E-state index contributed by atoms with van der Waals surface area (Å²) in [6.45, 7) is -0.621. The van der Waals surface area contributed by atoms with Crippen LogP contribution in [0.3, 0.4) is 0 Å². The molecule has 0 spiro atoms. The Balaban J connectivity index is 1.69. The molecule has 1 saturated heterocycles. The summed E-state index contributed by atoms with van der Waals surface area (Å²) in [5, 5.41) is 49.4. The first-order valence-electron chi connectivity index (χ1n) is 9.33. The van der Waals surface area contributed by atoms with Gasteiger partial charge in [-0.05, 0) is 24.3 Å². The maximum absolute atomic E-state index is 12.4. The monoisotopic (exact) mass is 452 g/mol. The van der Waals surface area contributed by atoms with E-state index in [4.69, 9.17) is 21.1 Å². The highest BCUT2D eigenvalue weighted by molar-refractivity contribution is 6.31. The number of carbonyl (C=O) groups excluding carboxylic acids is 2. The van der Waals surface area contributed by atoms with Crippen LogP contribution in [-0.4, -0.2) is 74.4 Å². The number of hydrogen-bond acceptors (Lipinski definition) is 9. The molecule has 3 rings (SSSR count). The van der Waals surface area contributed by atoms with E-state index >= 15 is 0 Å². The van der Waals surface area contributed by atoms with Crippen molar-refractivity contribution in [2.24, 2.45) is 0 Å². The van der Waals surface area contributed by atoms with Crippen molar-refractivity contribution in [2.75, 3.05) is 6.61 Å². The number of aromatic hydroxyl groups is 1. The van der Waals surface area contributed by atoms with Crippen molar-refractivity contribution in [3.63, 3.8) is 0 Å². The van der Waals surface area contributed by atoms with E-state index in [0.717, 1.165) is 6.07 Å². The highest BCUT2D eigenvalue weighted by Gasteiger charge is 2.44. The van der Waals surface area contributed by atoms with E-state index in [-0.39, 0.29) is 16.9 Å². The van der Waals surface area contributed by atoms with Gasteiger partial charge in [0.1, 0.15) is 35.9 Å². The molecule has 31 heavy (non-hydrogen) atoms. The highest BCUT2D eigenvalue weighted by atomic mass is 35.5. The molecule has 1 unspecified atom stereocenters. The summed E-state index contributed by atoms with van der Waals surface area (Å²) in [6, 6.07) is 9.77. The molecule has 5 atom stereocenters. The first kappa shape index (κ1) is 23.1. The van der Waals surface area contributed by atoms with Gasteiger partial charge in [0.2, 0.25) is 6.29 Å². The van der Waals surface area contributed by atoms with Crippen LogP contribution in [0.4, 0.5) is 0 Å². The number of aliphatic hydroxyl groups excluding tert-OH is 4. The predicted molar refractivity (Wildman–Crippen MR) is 107 cm³/mol. The number of benzene rings is 2. The lowest BCUT2D eigenvalue weighted by atomic mass is 9.99. The number of phenolic OH excluding ortho intramolecular Hbond substituents is 1. The first-order chi connectivity index (χ1) is 14.7. The molecule has 0 saturated carbocycles. The lowest BCUT2D eigenvalue weighted by Crippen LogP contribution is -2.60. The fourth-order valence-electron chi connectivity index (χ4n) is 3.12. The van der Waals surface area contributed by atoms with Crippen LogP contribution in [0.15, 0.2) is 42.5 Å². The SMILES string of the molecule is O=C(CC(=O)c1ccc(OC2O[C@H](CO)[C@@H](O)[C@H](O)[C@H]2O)cc1O)c1cccc(Cl)c1. The summed E-state index contributed by atoms with van der Waals surface area (Å²) < 4.78 is 10.6. The van der Waals surface area contributed by atoms with Crippen molar-refractivity contribution in [2.45, 2.75) is 37.1 Å². The van der Waals surface area contributed by atoms with E-state index in [1.165, 1.54) is 24.3 Å². The molecular formula is C21H21ClO9. The van der Waals surface area contributed by atoms with Gasteiger partial charge in [-0.2, -0.15) is 0 Å². The number of halogens is 1. The Kier molecular flexibility index (Phi) is 7.26. The molecule has 9 nitrogen and oxygen atoms in total. The van der Waals surface area contributed by atoms with Crippen LogP contribution >= 0.6 is 11.6 Å². The third-order valence-electron chi connectivity index (χ3n) is 4.84. The minimum Gasteiger partial charge on any atom is -0.507 e. The van der Waals surface area contributed by atoms with Crippen molar-refractivity contribution in [1.29, 1.82) is 0 Å². The quantitative estimate of drug-likeness (QED) is 0.301. The van der Waals surface area contributed by atoms with Gasteiger partial charge < -0.3 is 35.0 Å². The fraction of sp³-hybridized carbons (Fsp3) is 0.333. The molecule has 1 aliphatic heterocycles. The van der Waals surface area contributed by atoms with Crippen LogP contribution < -0.4 is 4.74 Å². The smallest absolute Gasteiger partial charge is 0.229 e. The Morgan fingerprint density at radius 1 is 1.00 bits per heavy atom. The maximum Gasteiger partial charge on any atom is 0.229 e. The lowest BCUT2D eigenvalue weighted by Gasteiger charge is -2.39. The van der Waals surface area contributed by atoms with E-state index in [1.54, 1.807) is 12.1 Å². The summed E-state index contributed by atoms with van der Waals surface area (Å²) in [6.07, 6.45) is -7.87. The highest BCUT2D eigenvalue weighted by Crippen LogP contribution is 2.29. The topological polar surface area (TPSA) is 154 Å². The van der Waals surface area contributed by atoms with Gasteiger partial charge in [-0.25, -0.2) is 0 Å². The van der Waals surface area contributed by atoms with Crippen molar-refractivity contribution in [3.8, 4) is 11.5 Å². The number of Topliss-reactive ketones (excluding diaryl/α,β-unsaturated/α-hetero) is 2. The minimum atomic E-state index is -1.63. The van der Waals surface area contributed by atoms with E-state index in [2.05, 4.69) is 0 Å². The van der Waals surface area contributed by atoms with Gasteiger partial charge in [-0.1, -0.05) is 23.7 Å². The first-order valence-corrected chi connectivity index (χ1v) is 9.71. The molecule has 1 fully saturated rings. The molecular weight excluding hydrogens is 432 g/mol. The number of phenols is 1. The zero-order valence-corrected chi connectivity index (χ0v) is 16.8. The Morgan fingerprint density at radius 2 is 1.74 bits per heavy atom. The maximum atomic E-state index is 12.4. The van der Waals surface area contributed by atoms with Gasteiger partial charge >= 0.3 is 0 Å². The summed E-state index contributed by atoms with van der Waals surface area (Å²) >= 11 is 5.85. The Bertz CT molecular complexity index is 962. The largest absolute Gasteiger partial charge is 0.507 e. The second-order valence-corrected chi connectivity index (χ2v) is 7.46. The molecule has 5 N–H and O–H groups in total. The Labute approximate surface area is 182 Å². The van der Waals surface area contributed by atoms with Crippen LogP contribution in [0.2, 0.25) is 5.02 Å². The van der Waals surface area contributed by atoms with E-state index in [0.29, 0.717) is 5.02 Å². The number of ketones is 2.